The molecule has 23 heavy (non-hydrogen) atoms. The molecule has 0 N–H and O–H groups in total. The Morgan fingerprint density at radius 3 is 2.65 bits per heavy atom. The lowest BCUT2D eigenvalue weighted by molar-refractivity contribution is -0.120. The summed E-state index contributed by atoms with van der Waals surface area (Å²) in [5, 5.41) is 0.571. The Morgan fingerprint density at radius 1 is 1.30 bits per heavy atom. The van der Waals surface area contributed by atoms with Crippen LogP contribution in [-0.4, -0.2) is 42.3 Å². The number of anilines is 1. The fourth-order valence-corrected chi connectivity index (χ4v) is 6.82. The molecular weight excluding hydrogens is 332 g/mol. The summed E-state index contributed by atoms with van der Waals surface area (Å²) in [7, 11) is -3.03. The lowest BCUT2D eigenvalue weighted by Crippen LogP contribution is -2.38. The van der Waals surface area contributed by atoms with Crippen molar-refractivity contribution in [3.8, 4) is 0 Å². The van der Waals surface area contributed by atoms with Gasteiger partial charge in [0.2, 0.25) is 0 Å². The van der Waals surface area contributed by atoms with Crippen LogP contribution in [0.1, 0.15) is 19.4 Å². The maximum Gasteiger partial charge on any atom is 0.250 e. The van der Waals surface area contributed by atoms with Crippen molar-refractivity contribution >= 4 is 38.4 Å². The first-order chi connectivity index (χ1) is 10.8. The van der Waals surface area contributed by atoms with E-state index < -0.39 is 9.84 Å². The van der Waals surface area contributed by atoms with Crippen LogP contribution in [0.15, 0.2) is 29.3 Å². The molecule has 2 saturated heterocycles. The minimum Gasteiger partial charge on any atom is -0.315 e. The lowest BCUT2D eigenvalue weighted by Gasteiger charge is -2.26. The molecule has 2 atom stereocenters. The molecule has 1 aromatic carbocycles. The molecule has 0 saturated carbocycles. The molecule has 3 rings (SSSR count). The van der Waals surface area contributed by atoms with Crippen LogP contribution in [0.5, 0.6) is 0 Å². The standard InChI is InChI=1S/C16H20N2O3S2/c1-10(2)15(19)17-16-18(12-7-5-4-6-11(12)3)13-8-23(20,21)9-14(13)22-16/h4-7,10,13-14H,8-9H2,1-3H3/t13-,14+/m1/s1. The van der Waals surface area contributed by atoms with E-state index in [0.29, 0.717) is 5.17 Å². The number of rotatable bonds is 2. The van der Waals surface area contributed by atoms with E-state index in [9.17, 15) is 13.2 Å². The highest BCUT2D eigenvalue weighted by molar-refractivity contribution is 8.16. The number of hydrogen-bond donors (Lipinski definition) is 0. The molecule has 0 unspecified atom stereocenters. The topological polar surface area (TPSA) is 66.8 Å². The number of hydrogen-bond acceptors (Lipinski definition) is 4. The maximum atomic E-state index is 12.1. The van der Waals surface area contributed by atoms with Crippen molar-refractivity contribution in [2.75, 3.05) is 16.4 Å². The highest BCUT2D eigenvalue weighted by Crippen LogP contribution is 2.41. The second-order valence-corrected chi connectivity index (χ2v) is 9.70. The van der Waals surface area contributed by atoms with Gasteiger partial charge in [0.1, 0.15) is 0 Å². The van der Waals surface area contributed by atoms with Gasteiger partial charge in [0.05, 0.1) is 17.5 Å². The molecule has 2 aliphatic rings. The van der Waals surface area contributed by atoms with Crippen LogP contribution in [0.25, 0.3) is 0 Å². The van der Waals surface area contributed by atoms with Crippen LogP contribution in [0.2, 0.25) is 0 Å². The van der Waals surface area contributed by atoms with E-state index in [1.54, 1.807) is 0 Å². The van der Waals surface area contributed by atoms with Crippen LogP contribution in [0, 0.1) is 12.8 Å². The van der Waals surface area contributed by atoms with Gasteiger partial charge < -0.3 is 4.90 Å². The van der Waals surface area contributed by atoms with Crippen molar-refractivity contribution in [1.29, 1.82) is 0 Å². The molecular formula is C16H20N2O3S2. The zero-order valence-corrected chi connectivity index (χ0v) is 15.0. The number of fused-ring (bicyclic) bond motifs is 1. The number of benzene rings is 1. The zero-order chi connectivity index (χ0) is 16.8. The summed E-state index contributed by atoms with van der Waals surface area (Å²) < 4.78 is 24.0. The zero-order valence-electron chi connectivity index (χ0n) is 13.4. The number of thioether (sulfide) groups is 1. The Hall–Kier alpha value is -1.34. The lowest BCUT2D eigenvalue weighted by atomic mass is 10.1. The van der Waals surface area contributed by atoms with Crippen LogP contribution in [-0.2, 0) is 14.6 Å². The van der Waals surface area contributed by atoms with Gasteiger partial charge in [-0.25, -0.2) is 8.42 Å². The van der Waals surface area contributed by atoms with Gasteiger partial charge in [0.25, 0.3) is 5.91 Å². The molecule has 0 spiro atoms. The molecule has 7 heteroatoms. The third-order valence-electron chi connectivity index (χ3n) is 4.14. The minimum atomic E-state index is -3.03. The highest BCUT2D eigenvalue weighted by Gasteiger charge is 2.49. The summed E-state index contributed by atoms with van der Waals surface area (Å²) in [6.07, 6.45) is 0. The molecule has 0 aliphatic carbocycles. The molecule has 0 radical (unpaired) electrons. The number of amidine groups is 1. The molecule has 2 heterocycles. The van der Waals surface area contributed by atoms with E-state index in [4.69, 9.17) is 0 Å². The number of carbonyl (C=O) groups is 1. The highest BCUT2D eigenvalue weighted by atomic mass is 32.2. The SMILES string of the molecule is Cc1ccccc1N1C(=NC(=O)C(C)C)S[C@H]2CS(=O)(=O)C[C@H]21. The van der Waals surface area contributed by atoms with Gasteiger partial charge >= 0.3 is 0 Å². The predicted molar refractivity (Wildman–Crippen MR) is 94.8 cm³/mol. The summed E-state index contributed by atoms with van der Waals surface area (Å²) in [6, 6.07) is 7.66. The average Bonchev–Trinajstić information content (AvgIpc) is 2.91. The molecule has 5 nitrogen and oxygen atoms in total. The first kappa shape index (κ1) is 16.5. The van der Waals surface area contributed by atoms with Gasteiger partial charge in [-0.1, -0.05) is 43.8 Å². The maximum absolute atomic E-state index is 12.1. The van der Waals surface area contributed by atoms with Crippen LogP contribution in [0.3, 0.4) is 0 Å². The fourth-order valence-electron chi connectivity index (χ4n) is 2.90. The van der Waals surface area contributed by atoms with Gasteiger partial charge in [-0.15, -0.1) is 0 Å². The number of sulfone groups is 1. The van der Waals surface area contributed by atoms with Crippen LogP contribution < -0.4 is 4.90 Å². The van der Waals surface area contributed by atoms with Gasteiger partial charge in [0, 0.05) is 16.9 Å². The first-order valence-electron chi connectivity index (χ1n) is 7.63. The Bertz CT molecular complexity index is 771. The summed E-state index contributed by atoms with van der Waals surface area (Å²) in [5.74, 6) is -0.0760. The number of nitrogens with zero attached hydrogens (tertiary/aromatic N) is 2. The van der Waals surface area contributed by atoms with E-state index in [1.165, 1.54) is 11.8 Å². The van der Waals surface area contributed by atoms with Crippen molar-refractivity contribution in [2.45, 2.75) is 32.1 Å². The first-order valence-corrected chi connectivity index (χ1v) is 10.3. The van der Waals surface area contributed by atoms with E-state index in [-0.39, 0.29) is 34.6 Å². The second kappa shape index (κ2) is 5.94. The Morgan fingerprint density at radius 2 is 2.00 bits per heavy atom. The van der Waals surface area contributed by atoms with Gasteiger partial charge in [0.15, 0.2) is 15.0 Å². The molecule has 2 aliphatic heterocycles. The van der Waals surface area contributed by atoms with Gasteiger partial charge in [-0.3, -0.25) is 4.79 Å². The smallest absolute Gasteiger partial charge is 0.250 e. The number of para-hydroxylation sites is 1. The van der Waals surface area contributed by atoms with E-state index in [2.05, 4.69) is 4.99 Å². The van der Waals surface area contributed by atoms with Crippen molar-refractivity contribution in [1.82, 2.24) is 0 Å². The third-order valence-corrected chi connectivity index (χ3v) is 7.35. The Labute approximate surface area is 141 Å². The number of aryl methyl sites for hydroxylation is 1. The van der Waals surface area contributed by atoms with Gasteiger partial charge in [-0.05, 0) is 18.6 Å². The number of carbonyl (C=O) groups excluding carboxylic acids is 1. The molecule has 0 aromatic heterocycles. The molecule has 0 bridgehead atoms. The average molecular weight is 352 g/mol. The molecule has 1 aromatic rings. The van der Waals surface area contributed by atoms with E-state index in [1.807, 2.05) is 49.9 Å². The fraction of sp³-hybridized carbons (Fsp3) is 0.500. The normalized spacial score (nSPS) is 27.7. The van der Waals surface area contributed by atoms with Crippen molar-refractivity contribution in [3.05, 3.63) is 29.8 Å². The summed E-state index contributed by atoms with van der Waals surface area (Å²) >= 11 is 1.42. The third kappa shape index (κ3) is 3.17. The Kier molecular flexibility index (Phi) is 4.27. The number of aliphatic imine (C=N–C) groups is 1. The monoisotopic (exact) mass is 352 g/mol. The predicted octanol–water partition coefficient (Wildman–Crippen LogP) is 2.25. The molecule has 2 fully saturated rings. The van der Waals surface area contributed by atoms with Crippen molar-refractivity contribution in [2.24, 2.45) is 10.9 Å². The summed E-state index contributed by atoms with van der Waals surface area (Å²) in [6.45, 7) is 5.61. The van der Waals surface area contributed by atoms with Gasteiger partial charge in [-0.2, -0.15) is 4.99 Å². The second-order valence-electron chi connectivity index (χ2n) is 6.34. The minimum absolute atomic E-state index is 0.0571. The van der Waals surface area contributed by atoms with Crippen molar-refractivity contribution in [3.63, 3.8) is 0 Å². The molecule has 1 amide bonds. The number of amides is 1. The van der Waals surface area contributed by atoms with E-state index in [0.717, 1.165) is 11.3 Å². The summed E-state index contributed by atoms with van der Waals surface area (Å²) in [5.41, 5.74) is 1.97. The van der Waals surface area contributed by atoms with Crippen molar-refractivity contribution < 1.29 is 13.2 Å². The Balaban J connectivity index is 2.05. The van der Waals surface area contributed by atoms with Crippen LogP contribution >= 0.6 is 11.8 Å². The van der Waals surface area contributed by atoms with Crippen LogP contribution in [0.4, 0.5) is 5.69 Å². The largest absolute Gasteiger partial charge is 0.315 e. The quantitative estimate of drug-likeness (QED) is 0.817. The summed E-state index contributed by atoms with van der Waals surface area (Å²) in [4.78, 5) is 18.3. The van der Waals surface area contributed by atoms with E-state index >= 15 is 0 Å². The molecule has 124 valence electrons.